The van der Waals surface area contributed by atoms with Crippen molar-refractivity contribution in [1.82, 2.24) is 20.5 Å². The van der Waals surface area contributed by atoms with Crippen LogP contribution in [0.25, 0.3) is 10.6 Å². The molecule has 1 unspecified atom stereocenters. The number of aromatic nitrogens is 3. The molecule has 1 saturated heterocycles. The van der Waals surface area contributed by atoms with Crippen LogP contribution in [0.5, 0.6) is 0 Å². The first kappa shape index (κ1) is 18.9. The van der Waals surface area contributed by atoms with Gasteiger partial charge in [-0.1, -0.05) is 0 Å². The van der Waals surface area contributed by atoms with Crippen molar-refractivity contribution < 1.29 is 13.2 Å². The first-order chi connectivity index (χ1) is 13.5. The lowest BCUT2D eigenvalue weighted by Crippen LogP contribution is -2.45. The third kappa shape index (κ3) is 4.36. The van der Waals surface area contributed by atoms with Crippen LogP contribution in [0.3, 0.4) is 0 Å². The standard InChI is InChI=1S/C19H20F3N5S/c20-19(21,22)13-3-6-18(24-10-13)27-9-1-2-14(12-27)23-11-15-4-5-17(28-15)16-7-8-25-26-16/h3-8,10,14,23H,1-2,9,11-12H2,(H,25,26). The Balaban J connectivity index is 1.34. The molecule has 1 aliphatic rings. The van der Waals surface area contributed by atoms with Gasteiger partial charge in [-0.2, -0.15) is 18.3 Å². The number of hydrogen-bond donors (Lipinski definition) is 2. The molecule has 4 heterocycles. The van der Waals surface area contributed by atoms with Crippen LogP contribution in [0.1, 0.15) is 23.3 Å². The van der Waals surface area contributed by atoms with E-state index >= 15 is 0 Å². The summed E-state index contributed by atoms with van der Waals surface area (Å²) in [4.78, 5) is 8.45. The Hall–Kier alpha value is -2.39. The number of anilines is 1. The molecule has 3 aromatic rings. The molecule has 0 bridgehead atoms. The number of H-pyrrole nitrogens is 1. The Morgan fingerprint density at radius 1 is 1.21 bits per heavy atom. The highest BCUT2D eigenvalue weighted by molar-refractivity contribution is 7.15. The van der Waals surface area contributed by atoms with Gasteiger partial charge in [0.15, 0.2) is 0 Å². The largest absolute Gasteiger partial charge is 0.417 e. The quantitative estimate of drug-likeness (QED) is 0.662. The monoisotopic (exact) mass is 407 g/mol. The van der Waals surface area contributed by atoms with Gasteiger partial charge in [0.2, 0.25) is 0 Å². The van der Waals surface area contributed by atoms with Gasteiger partial charge < -0.3 is 10.2 Å². The van der Waals surface area contributed by atoms with Crippen molar-refractivity contribution in [3.05, 3.63) is 53.2 Å². The molecule has 0 amide bonds. The second-order valence-electron chi connectivity index (χ2n) is 6.81. The van der Waals surface area contributed by atoms with Crippen molar-refractivity contribution in [3.63, 3.8) is 0 Å². The number of pyridine rings is 1. The molecule has 2 N–H and O–H groups in total. The zero-order valence-corrected chi connectivity index (χ0v) is 15.9. The molecule has 148 valence electrons. The normalized spacial score (nSPS) is 17.8. The maximum atomic E-state index is 12.7. The first-order valence-electron chi connectivity index (χ1n) is 9.09. The highest BCUT2D eigenvalue weighted by Crippen LogP contribution is 2.30. The summed E-state index contributed by atoms with van der Waals surface area (Å²) in [6.45, 7) is 2.30. The number of halogens is 3. The molecule has 3 aromatic heterocycles. The molecule has 28 heavy (non-hydrogen) atoms. The Labute approximate surface area is 164 Å². The molecule has 4 rings (SSSR count). The predicted molar refractivity (Wildman–Crippen MR) is 103 cm³/mol. The van der Waals surface area contributed by atoms with Crippen LogP contribution in [0, 0.1) is 0 Å². The summed E-state index contributed by atoms with van der Waals surface area (Å²) < 4.78 is 38.1. The highest BCUT2D eigenvalue weighted by atomic mass is 32.1. The van der Waals surface area contributed by atoms with E-state index < -0.39 is 11.7 Å². The van der Waals surface area contributed by atoms with Gasteiger partial charge in [0.05, 0.1) is 16.1 Å². The van der Waals surface area contributed by atoms with E-state index in [4.69, 9.17) is 0 Å². The van der Waals surface area contributed by atoms with Gasteiger partial charge >= 0.3 is 6.18 Å². The number of nitrogens with one attached hydrogen (secondary N) is 2. The van der Waals surface area contributed by atoms with Gasteiger partial charge in [-0.05, 0) is 43.2 Å². The molecule has 1 fully saturated rings. The summed E-state index contributed by atoms with van der Waals surface area (Å²) in [6, 6.07) is 8.96. The van der Waals surface area contributed by atoms with Gasteiger partial charge in [0, 0.05) is 42.9 Å². The number of thiophene rings is 1. The lowest BCUT2D eigenvalue weighted by atomic mass is 10.1. The van der Waals surface area contributed by atoms with Crippen molar-refractivity contribution in [2.24, 2.45) is 0 Å². The second kappa shape index (κ2) is 7.92. The smallest absolute Gasteiger partial charge is 0.355 e. The molecular formula is C19H20F3N5S. The minimum Gasteiger partial charge on any atom is -0.355 e. The fraction of sp³-hybridized carbons (Fsp3) is 0.368. The lowest BCUT2D eigenvalue weighted by molar-refractivity contribution is -0.137. The third-order valence-corrected chi connectivity index (χ3v) is 5.93. The molecule has 0 radical (unpaired) electrons. The summed E-state index contributed by atoms with van der Waals surface area (Å²) in [5.74, 6) is 0.595. The summed E-state index contributed by atoms with van der Waals surface area (Å²) in [5.41, 5.74) is 0.294. The summed E-state index contributed by atoms with van der Waals surface area (Å²) in [6.07, 6.45) is 0.307. The Morgan fingerprint density at radius 2 is 2.11 bits per heavy atom. The maximum absolute atomic E-state index is 12.7. The fourth-order valence-electron chi connectivity index (χ4n) is 3.35. The number of alkyl halides is 3. The zero-order valence-electron chi connectivity index (χ0n) is 15.0. The van der Waals surface area contributed by atoms with Gasteiger partial charge in [0.1, 0.15) is 5.82 Å². The number of hydrogen-bond acceptors (Lipinski definition) is 5. The van der Waals surface area contributed by atoms with Crippen molar-refractivity contribution in [2.45, 2.75) is 31.6 Å². The van der Waals surface area contributed by atoms with Crippen molar-refractivity contribution in [3.8, 4) is 10.6 Å². The van der Waals surface area contributed by atoms with E-state index in [2.05, 4.69) is 32.6 Å². The Kier molecular flexibility index (Phi) is 5.36. The zero-order chi connectivity index (χ0) is 19.6. The van der Waals surface area contributed by atoms with Gasteiger partial charge in [-0.25, -0.2) is 4.98 Å². The Morgan fingerprint density at radius 3 is 2.82 bits per heavy atom. The maximum Gasteiger partial charge on any atom is 0.417 e. The molecule has 5 nitrogen and oxygen atoms in total. The summed E-state index contributed by atoms with van der Waals surface area (Å²) >= 11 is 1.71. The van der Waals surface area contributed by atoms with E-state index in [9.17, 15) is 13.2 Å². The van der Waals surface area contributed by atoms with Crippen LogP contribution in [0.2, 0.25) is 0 Å². The SMILES string of the molecule is FC(F)(F)c1ccc(N2CCCC(NCc3ccc(-c4ccn[nH]4)s3)C2)nc1. The average Bonchev–Trinajstić information content (AvgIpc) is 3.38. The van der Waals surface area contributed by atoms with Crippen LogP contribution in [0.4, 0.5) is 19.0 Å². The molecule has 0 saturated carbocycles. The van der Waals surface area contributed by atoms with Crippen LogP contribution < -0.4 is 10.2 Å². The van der Waals surface area contributed by atoms with Gasteiger partial charge in [-0.15, -0.1) is 11.3 Å². The number of nitrogens with zero attached hydrogens (tertiary/aromatic N) is 3. The van der Waals surface area contributed by atoms with E-state index in [1.165, 1.54) is 10.9 Å². The minimum atomic E-state index is -4.35. The third-order valence-electron chi connectivity index (χ3n) is 4.81. The van der Waals surface area contributed by atoms with Crippen molar-refractivity contribution >= 4 is 17.2 Å². The predicted octanol–water partition coefficient (Wildman–Crippen LogP) is 4.31. The van der Waals surface area contributed by atoms with E-state index in [-0.39, 0.29) is 6.04 Å². The van der Waals surface area contributed by atoms with E-state index in [1.54, 1.807) is 17.5 Å². The van der Waals surface area contributed by atoms with Crippen LogP contribution in [-0.4, -0.2) is 34.3 Å². The highest BCUT2D eigenvalue weighted by Gasteiger charge is 2.31. The average molecular weight is 407 g/mol. The first-order valence-corrected chi connectivity index (χ1v) is 9.91. The summed E-state index contributed by atoms with van der Waals surface area (Å²) in [7, 11) is 0. The number of aromatic amines is 1. The number of rotatable bonds is 5. The van der Waals surface area contributed by atoms with Gasteiger partial charge in [-0.3, -0.25) is 5.10 Å². The van der Waals surface area contributed by atoms with Crippen LogP contribution >= 0.6 is 11.3 Å². The molecule has 0 aromatic carbocycles. The van der Waals surface area contributed by atoms with E-state index in [0.717, 1.165) is 55.3 Å². The minimum absolute atomic E-state index is 0.274. The van der Waals surface area contributed by atoms with E-state index in [1.807, 2.05) is 11.0 Å². The van der Waals surface area contributed by atoms with Crippen molar-refractivity contribution in [2.75, 3.05) is 18.0 Å². The summed E-state index contributed by atoms with van der Waals surface area (Å²) in [5, 5.41) is 10.5. The van der Waals surface area contributed by atoms with Gasteiger partial charge in [0.25, 0.3) is 0 Å². The topological polar surface area (TPSA) is 56.8 Å². The van der Waals surface area contributed by atoms with Crippen molar-refractivity contribution in [1.29, 1.82) is 0 Å². The van der Waals surface area contributed by atoms with Crippen LogP contribution in [-0.2, 0) is 12.7 Å². The lowest BCUT2D eigenvalue weighted by Gasteiger charge is -2.34. The molecule has 0 spiro atoms. The fourth-order valence-corrected chi connectivity index (χ4v) is 4.28. The molecule has 0 aliphatic carbocycles. The second-order valence-corrected chi connectivity index (χ2v) is 7.97. The van der Waals surface area contributed by atoms with E-state index in [0.29, 0.717) is 5.82 Å². The number of piperidine rings is 1. The Bertz CT molecular complexity index is 889. The molecule has 1 atom stereocenters. The molecular weight excluding hydrogens is 387 g/mol. The van der Waals surface area contributed by atoms with Crippen LogP contribution in [0.15, 0.2) is 42.7 Å². The molecule has 1 aliphatic heterocycles. The molecule has 9 heteroatoms.